The second-order valence-electron chi connectivity index (χ2n) is 3.35. The van der Waals surface area contributed by atoms with E-state index in [9.17, 15) is 4.79 Å². The third kappa shape index (κ3) is 8.15. The minimum Gasteiger partial charge on any atom is -0.383 e. The van der Waals surface area contributed by atoms with Gasteiger partial charge in [-0.25, -0.2) is 0 Å². The van der Waals surface area contributed by atoms with Crippen LogP contribution in [0.2, 0.25) is 0 Å². The van der Waals surface area contributed by atoms with E-state index in [-0.39, 0.29) is 18.3 Å². The molecule has 0 saturated carbocycles. The molecule has 1 amide bonds. The molecule has 17 heavy (non-hydrogen) atoms. The first-order valence-corrected chi connectivity index (χ1v) is 6.19. The molecular weight excluding hydrogens is 260 g/mol. The van der Waals surface area contributed by atoms with Gasteiger partial charge in [-0.2, -0.15) is 0 Å². The topological polar surface area (TPSA) is 50.4 Å². The van der Waals surface area contributed by atoms with Crippen molar-refractivity contribution in [3.05, 3.63) is 22.4 Å². The highest BCUT2D eigenvalue weighted by molar-refractivity contribution is 7.09. The maximum absolute atomic E-state index is 11.3. The van der Waals surface area contributed by atoms with E-state index >= 15 is 0 Å². The van der Waals surface area contributed by atoms with E-state index in [1.165, 1.54) is 4.88 Å². The number of rotatable bonds is 8. The second-order valence-corrected chi connectivity index (χ2v) is 4.38. The normalized spacial score (nSPS) is 9.71. The Morgan fingerprint density at radius 2 is 2.29 bits per heavy atom. The van der Waals surface area contributed by atoms with Gasteiger partial charge in [0.25, 0.3) is 0 Å². The van der Waals surface area contributed by atoms with Crippen molar-refractivity contribution in [1.82, 2.24) is 10.6 Å². The monoisotopic (exact) mass is 278 g/mol. The van der Waals surface area contributed by atoms with Crippen molar-refractivity contribution in [3.8, 4) is 0 Å². The van der Waals surface area contributed by atoms with Crippen LogP contribution in [0.15, 0.2) is 17.5 Å². The quantitative estimate of drug-likeness (QED) is 0.700. The predicted octanol–water partition coefficient (Wildman–Crippen LogP) is 1.06. The van der Waals surface area contributed by atoms with E-state index in [2.05, 4.69) is 16.7 Å². The minimum atomic E-state index is 0. The van der Waals surface area contributed by atoms with E-state index < -0.39 is 0 Å². The fraction of sp³-hybridized carbons (Fsp3) is 0.545. The molecule has 0 bridgehead atoms. The zero-order valence-electron chi connectivity index (χ0n) is 9.90. The number of amides is 1. The molecule has 0 aromatic carbocycles. The molecule has 0 fully saturated rings. The Labute approximate surface area is 112 Å². The minimum absolute atomic E-state index is 0. The summed E-state index contributed by atoms with van der Waals surface area (Å²) in [4.78, 5) is 12.6. The highest BCUT2D eigenvalue weighted by Gasteiger charge is 2.00. The van der Waals surface area contributed by atoms with Gasteiger partial charge in [0.05, 0.1) is 13.2 Å². The van der Waals surface area contributed by atoms with Gasteiger partial charge in [-0.05, 0) is 17.9 Å². The Morgan fingerprint density at radius 3 is 2.94 bits per heavy atom. The summed E-state index contributed by atoms with van der Waals surface area (Å²) in [5, 5.41) is 7.90. The van der Waals surface area contributed by atoms with Crippen molar-refractivity contribution in [2.45, 2.75) is 6.42 Å². The van der Waals surface area contributed by atoms with Crippen LogP contribution in [0.1, 0.15) is 4.88 Å². The third-order valence-corrected chi connectivity index (χ3v) is 2.98. The SMILES string of the molecule is COCCNCC(=O)NCCc1cccs1.Cl. The molecule has 0 aliphatic rings. The molecule has 1 heterocycles. The van der Waals surface area contributed by atoms with Crippen LogP contribution in [0, 0.1) is 0 Å². The fourth-order valence-electron chi connectivity index (χ4n) is 1.22. The van der Waals surface area contributed by atoms with Crippen molar-refractivity contribution in [3.63, 3.8) is 0 Å². The van der Waals surface area contributed by atoms with Gasteiger partial charge in [-0.15, -0.1) is 23.7 Å². The summed E-state index contributed by atoms with van der Waals surface area (Å²) in [5.41, 5.74) is 0. The molecule has 0 atom stereocenters. The van der Waals surface area contributed by atoms with Gasteiger partial charge in [0, 0.05) is 25.1 Å². The van der Waals surface area contributed by atoms with Crippen molar-refractivity contribution in [2.24, 2.45) is 0 Å². The molecule has 4 nitrogen and oxygen atoms in total. The number of halogens is 1. The molecule has 98 valence electrons. The number of thiophene rings is 1. The first kappa shape index (κ1) is 16.4. The van der Waals surface area contributed by atoms with E-state index in [0.717, 1.165) is 6.42 Å². The number of nitrogens with one attached hydrogen (secondary N) is 2. The first-order chi connectivity index (χ1) is 7.83. The largest absolute Gasteiger partial charge is 0.383 e. The Kier molecular flexibility index (Phi) is 10.1. The second kappa shape index (κ2) is 10.5. The van der Waals surface area contributed by atoms with Crippen LogP contribution in [-0.2, 0) is 16.0 Å². The molecule has 0 spiro atoms. The van der Waals surface area contributed by atoms with Crippen molar-refractivity contribution < 1.29 is 9.53 Å². The summed E-state index contributed by atoms with van der Waals surface area (Å²) in [7, 11) is 1.64. The lowest BCUT2D eigenvalue weighted by Gasteiger charge is -2.05. The highest BCUT2D eigenvalue weighted by Crippen LogP contribution is 2.07. The molecule has 0 saturated heterocycles. The standard InChI is InChI=1S/C11H18N2O2S.ClH/c1-15-7-6-12-9-11(14)13-5-4-10-3-2-8-16-10;/h2-3,8,12H,4-7,9H2,1H3,(H,13,14);1H. The van der Waals surface area contributed by atoms with E-state index in [1.807, 2.05) is 11.4 Å². The summed E-state index contributed by atoms with van der Waals surface area (Å²) in [6.07, 6.45) is 0.904. The van der Waals surface area contributed by atoms with Crippen LogP contribution in [-0.4, -0.2) is 39.3 Å². The van der Waals surface area contributed by atoms with Crippen LogP contribution >= 0.6 is 23.7 Å². The summed E-state index contributed by atoms with van der Waals surface area (Å²) in [6.45, 7) is 2.39. The van der Waals surface area contributed by atoms with Gasteiger partial charge in [-0.1, -0.05) is 6.07 Å². The summed E-state index contributed by atoms with van der Waals surface area (Å²) in [6, 6.07) is 4.10. The number of carbonyl (C=O) groups excluding carboxylic acids is 1. The molecule has 6 heteroatoms. The van der Waals surface area contributed by atoms with Crippen molar-refractivity contribution >= 4 is 29.7 Å². The lowest BCUT2D eigenvalue weighted by atomic mass is 10.3. The zero-order valence-corrected chi connectivity index (χ0v) is 11.5. The number of carbonyl (C=O) groups is 1. The van der Waals surface area contributed by atoms with Gasteiger partial charge in [0.15, 0.2) is 0 Å². The Morgan fingerprint density at radius 1 is 1.47 bits per heavy atom. The third-order valence-electron chi connectivity index (χ3n) is 2.04. The van der Waals surface area contributed by atoms with Gasteiger partial charge < -0.3 is 15.4 Å². The average molecular weight is 279 g/mol. The molecule has 1 aromatic rings. The van der Waals surface area contributed by atoms with E-state index in [0.29, 0.717) is 26.2 Å². The van der Waals surface area contributed by atoms with E-state index in [4.69, 9.17) is 4.74 Å². The zero-order chi connectivity index (χ0) is 11.6. The molecule has 0 aliphatic carbocycles. The summed E-state index contributed by atoms with van der Waals surface area (Å²) in [5.74, 6) is 0.0349. The maximum Gasteiger partial charge on any atom is 0.233 e. The molecule has 0 unspecified atom stereocenters. The van der Waals surface area contributed by atoms with Crippen LogP contribution in [0.5, 0.6) is 0 Å². The number of methoxy groups -OCH3 is 1. The molecular formula is C11H19ClN2O2S. The van der Waals surface area contributed by atoms with Gasteiger partial charge in [0.2, 0.25) is 5.91 Å². The molecule has 0 radical (unpaired) electrons. The van der Waals surface area contributed by atoms with Crippen LogP contribution < -0.4 is 10.6 Å². The van der Waals surface area contributed by atoms with E-state index in [1.54, 1.807) is 18.4 Å². The summed E-state index contributed by atoms with van der Waals surface area (Å²) < 4.78 is 4.86. The highest BCUT2D eigenvalue weighted by atomic mass is 35.5. The van der Waals surface area contributed by atoms with Crippen LogP contribution in [0.3, 0.4) is 0 Å². The Bertz CT molecular complexity index is 294. The van der Waals surface area contributed by atoms with Gasteiger partial charge >= 0.3 is 0 Å². The predicted molar refractivity (Wildman–Crippen MR) is 73.0 cm³/mol. The average Bonchev–Trinajstić information content (AvgIpc) is 2.77. The smallest absolute Gasteiger partial charge is 0.233 e. The van der Waals surface area contributed by atoms with Crippen molar-refractivity contribution in [2.75, 3.05) is 33.4 Å². The summed E-state index contributed by atoms with van der Waals surface area (Å²) >= 11 is 1.72. The molecule has 1 aromatic heterocycles. The van der Waals surface area contributed by atoms with Crippen LogP contribution in [0.4, 0.5) is 0 Å². The first-order valence-electron chi connectivity index (χ1n) is 5.31. The number of hydrogen-bond acceptors (Lipinski definition) is 4. The lowest BCUT2D eigenvalue weighted by Crippen LogP contribution is -2.36. The lowest BCUT2D eigenvalue weighted by molar-refractivity contribution is -0.120. The fourth-order valence-corrected chi connectivity index (χ4v) is 1.93. The van der Waals surface area contributed by atoms with Gasteiger partial charge in [-0.3, -0.25) is 4.79 Å². The number of ether oxygens (including phenoxy) is 1. The maximum atomic E-state index is 11.3. The van der Waals surface area contributed by atoms with Crippen LogP contribution in [0.25, 0.3) is 0 Å². The molecule has 1 rings (SSSR count). The number of hydrogen-bond donors (Lipinski definition) is 2. The van der Waals surface area contributed by atoms with Gasteiger partial charge in [0.1, 0.15) is 0 Å². The van der Waals surface area contributed by atoms with Crippen molar-refractivity contribution in [1.29, 1.82) is 0 Å². The Hall–Kier alpha value is -0.620. The molecule has 0 aliphatic heterocycles. The molecule has 2 N–H and O–H groups in total. The Balaban J connectivity index is 0.00000256.